The molecule has 1 saturated carbocycles. The van der Waals surface area contributed by atoms with Gasteiger partial charge >= 0.3 is 0 Å². The lowest BCUT2D eigenvalue weighted by Gasteiger charge is -2.06. The van der Waals surface area contributed by atoms with Crippen LogP contribution in [-0.2, 0) is 11.3 Å². The lowest BCUT2D eigenvalue weighted by molar-refractivity contribution is -0.121. The summed E-state index contributed by atoms with van der Waals surface area (Å²) in [6.45, 7) is 1.24. The highest BCUT2D eigenvalue weighted by atomic mass is 19.1. The number of hydrogen-bond donors (Lipinski definition) is 2. The molecule has 0 heterocycles. The van der Waals surface area contributed by atoms with Gasteiger partial charge in [0.2, 0.25) is 5.91 Å². The molecule has 1 fully saturated rings. The van der Waals surface area contributed by atoms with E-state index in [0.717, 1.165) is 25.8 Å². The third-order valence-corrected chi connectivity index (χ3v) is 2.97. The number of carbonyl (C=O) groups is 1. The Morgan fingerprint density at radius 2 is 2.11 bits per heavy atom. The molecular formula is C14H19FN2O. The molecule has 1 aromatic carbocycles. The Morgan fingerprint density at radius 1 is 1.33 bits per heavy atom. The third-order valence-electron chi connectivity index (χ3n) is 2.97. The van der Waals surface area contributed by atoms with Gasteiger partial charge in [-0.2, -0.15) is 0 Å². The topological polar surface area (TPSA) is 41.1 Å². The van der Waals surface area contributed by atoms with E-state index in [2.05, 4.69) is 10.6 Å². The Labute approximate surface area is 107 Å². The highest BCUT2D eigenvalue weighted by molar-refractivity contribution is 5.76. The molecule has 0 saturated heterocycles. The van der Waals surface area contributed by atoms with Gasteiger partial charge in [0.25, 0.3) is 0 Å². The molecule has 1 amide bonds. The van der Waals surface area contributed by atoms with E-state index in [0.29, 0.717) is 24.6 Å². The van der Waals surface area contributed by atoms with Gasteiger partial charge in [-0.25, -0.2) is 4.39 Å². The zero-order valence-electron chi connectivity index (χ0n) is 10.4. The second-order valence-electron chi connectivity index (χ2n) is 4.71. The van der Waals surface area contributed by atoms with Gasteiger partial charge in [0, 0.05) is 24.6 Å². The number of rotatable bonds is 7. The SMILES string of the molecule is O=C(CCCNCc1ccccc1F)NC1CC1. The van der Waals surface area contributed by atoms with Crippen LogP contribution < -0.4 is 10.6 Å². The summed E-state index contributed by atoms with van der Waals surface area (Å²) in [5.74, 6) is -0.0540. The highest BCUT2D eigenvalue weighted by Crippen LogP contribution is 2.18. The van der Waals surface area contributed by atoms with Gasteiger partial charge in [0.05, 0.1) is 0 Å². The van der Waals surface area contributed by atoms with Gasteiger partial charge in [0.15, 0.2) is 0 Å². The summed E-state index contributed by atoms with van der Waals surface area (Å²) in [4.78, 5) is 11.4. The van der Waals surface area contributed by atoms with E-state index in [4.69, 9.17) is 0 Å². The largest absolute Gasteiger partial charge is 0.353 e. The van der Waals surface area contributed by atoms with Crippen LogP contribution in [0.4, 0.5) is 4.39 Å². The van der Waals surface area contributed by atoms with E-state index < -0.39 is 0 Å². The molecule has 0 unspecified atom stereocenters. The van der Waals surface area contributed by atoms with Crippen LogP contribution in [0.2, 0.25) is 0 Å². The minimum absolute atomic E-state index is 0.130. The normalized spacial score (nSPS) is 14.5. The van der Waals surface area contributed by atoms with Crippen LogP contribution >= 0.6 is 0 Å². The molecule has 1 aliphatic carbocycles. The molecule has 98 valence electrons. The van der Waals surface area contributed by atoms with Crippen molar-refractivity contribution in [2.24, 2.45) is 0 Å². The van der Waals surface area contributed by atoms with Gasteiger partial charge in [-0.3, -0.25) is 4.79 Å². The van der Waals surface area contributed by atoms with E-state index in [1.54, 1.807) is 12.1 Å². The van der Waals surface area contributed by atoms with E-state index in [9.17, 15) is 9.18 Å². The van der Waals surface area contributed by atoms with Crippen LogP contribution in [0.5, 0.6) is 0 Å². The molecule has 1 aromatic rings. The van der Waals surface area contributed by atoms with Gasteiger partial charge in [-0.15, -0.1) is 0 Å². The summed E-state index contributed by atoms with van der Waals surface area (Å²) >= 11 is 0. The van der Waals surface area contributed by atoms with Crippen molar-refractivity contribution < 1.29 is 9.18 Å². The van der Waals surface area contributed by atoms with Gasteiger partial charge < -0.3 is 10.6 Å². The van der Waals surface area contributed by atoms with Crippen molar-refractivity contribution in [3.63, 3.8) is 0 Å². The van der Waals surface area contributed by atoms with E-state index in [-0.39, 0.29) is 11.7 Å². The van der Waals surface area contributed by atoms with Crippen LogP contribution in [0, 0.1) is 5.82 Å². The molecular weight excluding hydrogens is 231 g/mol. The molecule has 0 bridgehead atoms. The predicted molar refractivity (Wildman–Crippen MR) is 68.5 cm³/mol. The van der Waals surface area contributed by atoms with Crippen molar-refractivity contribution >= 4 is 5.91 Å². The zero-order chi connectivity index (χ0) is 12.8. The summed E-state index contributed by atoms with van der Waals surface area (Å²) in [7, 11) is 0. The standard InChI is InChI=1S/C14H19FN2O/c15-13-5-2-1-4-11(13)10-16-9-3-6-14(18)17-12-7-8-12/h1-2,4-5,12,16H,3,6-10H2,(H,17,18). The second-order valence-corrected chi connectivity index (χ2v) is 4.71. The number of hydrogen-bond acceptors (Lipinski definition) is 2. The first-order valence-electron chi connectivity index (χ1n) is 6.49. The fourth-order valence-corrected chi connectivity index (χ4v) is 1.77. The molecule has 0 aromatic heterocycles. The number of halogens is 1. The van der Waals surface area contributed by atoms with Crippen LogP contribution in [-0.4, -0.2) is 18.5 Å². The predicted octanol–water partition coefficient (Wildman–Crippen LogP) is 1.97. The molecule has 0 radical (unpaired) electrons. The Balaban J connectivity index is 1.55. The van der Waals surface area contributed by atoms with Crippen molar-refractivity contribution in [2.75, 3.05) is 6.54 Å². The fourth-order valence-electron chi connectivity index (χ4n) is 1.77. The molecule has 4 heteroatoms. The first-order chi connectivity index (χ1) is 8.75. The molecule has 3 nitrogen and oxygen atoms in total. The number of carbonyl (C=O) groups excluding carboxylic acids is 1. The fraction of sp³-hybridized carbons (Fsp3) is 0.500. The molecule has 1 aliphatic rings. The van der Waals surface area contributed by atoms with Gasteiger partial charge in [0.1, 0.15) is 5.82 Å². The molecule has 18 heavy (non-hydrogen) atoms. The minimum atomic E-state index is -0.184. The lowest BCUT2D eigenvalue weighted by Crippen LogP contribution is -2.26. The maximum atomic E-state index is 13.3. The van der Waals surface area contributed by atoms with Gasteiger partial charge in [-0.05, 0) is 31.9 Å². The molecule has 0 atom stereocenters. The maximum absolute atomic E-state index is 13.3. The number of benzene rings is 1. The Kier molecular flexibility index (Phi) is 4.70. The monoisotopic (exact) mass is 250 g/mol. The maximum Gasteiger partial charge on any atom is 0.220 e. The summed E-state index contributed by atoms with van der Waals surface area (Å²) in [5, 5.41) is 6.09. The van der Waals surface area contributed by atoms with Crippen LogP contribution in [0.3, 0.4) is 0 Å². The third kappa shape index (κ3) is 4.45. The molecule has 0 aliphatic heterocycles. The second kappa shape index (κ2) is 6.50. The van der Waals surface area contributed by atoms with Crippen molar-refractivity contribution in [1.29, 1.82) is 0 Å². The highest BCUT2D eigenvalue weighted by Gasteiger charge is 2.22. The Bertz CT molecular complexity index is 405. The van der Waals surface area contributed by atoms with E-state index in [1.165, 1.54) is 6.07 Å². The smallest absolute Gasteiger partial charge is 0.220 e. The number of amides is 1. The van der Waals surface area contributed by atoms with Crippen molar-refractivity contribution in [3.05, 3.63) is 35.6 Å². The molecule has 2 N–H and O–H groups in total. The quantitative estimate of drug-likeness (QED) is 0.726. The summed E-state index contributed by atoms with van der Waals surface area (Å²) in [6.07, 6.45) is 3.57. The van der Waals surface area contributed by atoms with E-state index in [1.807, 2.05) is 6.07 Å². The Hall–Kier alpha value is -1.42. The first-order valence-corrected chi connectivity index (χ1v) is 6.49. The van der Waals surface area contributed by atoms with Crippen LogP contribution in [0.15, 0.2) is 24.3 Å². The van der Waals surface area contributed by atoms with E-state index >= 15 is 0 Å². The van der Waals surface area contributed by atoms with Crippen molar-refractivity contribution in [1.82, 2.24) is 10.6 Å². The summed E-state index contributed by atoms with van der Waals surface area (Å²) in [5.41, 5.74) is 0.667. The molecule has 2 rings (SSSR count). The van der Waals surface area contributed by atoms with Crippen molar-refractivity contribution in [2.45, 2.75) is 38.3 Å². The van der Waals surface area contributed by atoms with Gasteiger partial charge in [-0.1, -0.05) is 18.2 Å². The lowest BCUT2D eigenvalue weighted by atomic mass is 10.2. The summed E-state index contributed by atoms with van der Waals surface area (Å²) in [6, 6.07) is 7.16. The molecule has 0 spiro atoms. The van der Waals surface area contributed by atoms with Crippen molar-refractivity contribution in [3.8, 4) is 0 Å². The average Bonchev–Trinajstić information content (AvgIpc) is 3.15. The average molecular weight is 250 g/mol. The Morgan fingerprint density at radius 3 is 2.83 bits per heavy atom. The minimum Gasteiger partial charge on any atom is -0.353 e. The van der Waals surface area contributed by atoms with Crippen LogP contribution in [0.1, 0.15) is 31.2 Å². The van der Waals surface area contributed by atoms with Crippen LogP contribution in [0.25, 0.3) is 0 Å². The number of nitrogens with one attached hydrogen (secondary N) is 2. The zero-order valence-corrected chi connectivity index (χ0v) is 10.4. The first kappa shape index (κ1) is 13.0. The summed E-state index contributed by atoms with van der Waals surface area (Å²) < 4.78 is 13.3.